The van der Waals surface area contributed by atoms with Crippen LogP contribution in [0.4, 0.5) is 5.69 Å². The van der Waals surface area contributed by atoms with Crippen LogP contribution in [0, 0.1) is 6.92 Å². The van der Waals surface area contributed by atoms with Crippen LogP contribution in [0.5, 0.6) is 0 Å². The molecule has 0 bridgehead atoms. The highest BCUT2D eigenvalue weighted by Gasteiger charge is 2.14. The molecule has 0 aliphatic carbocycles. The lowest BCUT2D eigenvalue weighted by Gasteiger charge is -2.00. The maximum absolute atomic E-state index is 12.7. The van der Waals surface area contributed by atoms with Gasteiger partial charge in [-0.2, -0.15) is 0 Å². The average Bonchev–Trinajstić information content (AvgIpc) is 2.83. The largest absolute Gasteiger partial charge is 0.295 e. The molecule has 4 nitrogen and oxygen atoms in total. The second-order valence-electron chi connectivity index (χ2n) is 5.27. The zero-order valence-electron chi connectivity index (χ0n) is 12.9. The molecule has 3 rings (SSSR count). The fourth-order valence-corrected chi connectivity index (χ4v) is 2.91. The Morgan fingerprint density at radius 1 is 1.13 bits per heavy atom. The Labute approximate surface area is 142 Å². The molecule has 0 spiro atoms. The molecule has 1 N–H and O–H groups in total. The van der Waals surface area contributed by atoms with Gasteiger partial charge in [0.2, 0.25) is 0 Å². The number of nitrogens with zero attached hydrogens (tertiary/aromatic N) is 2. The zero-order chi connectivity index (χ0) is 16.4. The molecule has 0 saturated heterocycles. The van der Waals surface area contributed by atoms with E-state index in [1.807, 2.05) is 68.4 Å². The van der Waals surface area contributed by atoms with Crippen molar-refractivity contribution < 1.29 is 0 Å². The van der Waals surface area contributed by atoms with Crippen LogP contribution < -0.4 is 5.56 Å². The minimum atomic E-state index is -0.0926. The summed E-state index contributed by atoms with van der Waals surface area (Å²) in [6.45, 7) is 3.74. The van der Waals surface area contributed by atoms with E-state index in [0.29, 0.717) is 11.3 Å². The second-order valence-corrected chi connectivity index (χ2v) is 6.18. The van der Waals surface area contributed by atoms with Crippen LogP contribution in [0.1, 0.15) is 18.2 Å². The molecule has 23 heavy (non-hydrogen) atoms. The second kappa shape index (κ2) is 6.38. The van der Waals surface area contributed by atoms with Crippen LogP contribution in [-0.2, 0) is 0 Å². The van der Waals surface area contributed by atoms with Gasteiger partial charge < -0.3 is 0 Å². The summed E-state index contributed by atoms with van der Waals surface area (Å²) in [7, 11) is 0. The minimum Gasteiger partial charge on any atom is -0.295 e. The van der Waals surface area contributed by atoms with Crippen molar-refractivity contribution >= 4 is 27.3 Å². The van der Waals surface area contributed by atoms with Crippen LogP contribution in [-0.4, -0.2) is 15.5 Å². The number of hydrogen-bond acceptors (Lipinski definition) is 2. The van der Waals surface area contributed by atoms with Gasteiger partial charge in [0.05, 0.1) is 22.6 Å². The number of benzene rings is 2. The number of para-hydroxylation sites is 1. The van der Waals surface area contributed by atoms with E-state index in [-0.39, 0.29) is 5.56 Å². The Hall–Kier alpha value is -2.40. The third-order valence-corrected chi connectivity index (χ3v) is 4.05. The number of H-pyrrole nitrogens is 1. The summed E-state index contributed by atoms with van der Waals surface area (Å²) in [5, 5.41) is 3.12. The topological polar surface area (TPSA) is 50.1 Å². The standard InChI is InChI=1S/C18H16BrN3O/c1-12(20-15-8-6-7-14(19)11-15)17-13(2)21-22(18(17)23)16-9-4-3-5-10-16/h3-11,21H,1-2H3. The number of halogens is 1. The Kier molecular flexibility index (Phi) is 4.30. The van der Waals surface area contributed by atoms with Crippen LogP contribution in [0.25, 0.3) is 5.69 Å². The van der Waals surface area contributed by atoms with E-state index in [4.69, 9.17) is 0 Å². The third-order valence-electron chi connectivity index (χ3n) is 3.55. The summed E-state index contributed by atoms with van der Waals surface area (Å²) in [4.78, 5) is 17.3. The molecule has 0 fully saturated rings. The quantitative estimate of drug-likeness (QED) is 0.684. The van der Waals surface area contributed by atoms with Crippen molar-refractivity contribution in [2.24, 2.45) is 4.99 Å². The summed E-state index contributed by atoms with van der Waals surface area (Å²) in [6, 6.07) is 17.2. The highest BCUT2D eigenvalue weighted by molar-refractivity contribution is 9.10. The van der Waals surface area contributed by atoms with Gasteiger partial charge >= 0.3 is 0 Å². The molecule has 3 aromatic rings. The Balaban J connectivity index is 2.07. The molecule has 116 valence electrons. The number of aliphatic imine (C=N–C) groups is 1. The average molecular weight is 370 g/mol. The molecule has 2 aromatic carbocycles. The lowest BCUT2D eigenvalue weighted by molar-refractivity contribution is 0.835. The number of hydrogen-bond donors (Lipinski definition) is 1. The van der Waals surface area contributed by atoms with E-state index in [2.05, 4.69) is 26.0 Å². The van der Waals surface area contributed by atoms with Gasteiger partial charge in [0, 0.05) is 10.2 Å². The lowest BCUT2D eigenvalue weighted by Crippen LogP contribution is -2.19. The maximum Gasteiger partial charge on any atom is 0.280 e. The first kappa shape index (κ1) is 15.5. The van der Waals surface area contributed by atoms with Crippen LogP contribution in [0.3, 0.4) is 0 Å². The van der Waals surface area contributed by atoms with Gasteiger partial charge in [0.25, 0.3) is 5.56 Å². The van der Waals surface area contributed by atoms with Crippen molar-refractivity contribution in [1.29, 1.82) is 0 Å². The summed E-state index contributed by atoms with van der Waals surface area (Å²) < 4.78 is 2.50. The van der Waals surface area contributed by atoms with E-state index in [1.54, 1.807) is 4.68 Å². The summed E-state index contributed by atoms with van der Waals surface area (Å²) in [5.41, 5.74) is 3.62. The number of nitrogens with one attached hydrogen (secondary N) is 1. The minimum absolute atomic E-state index is 0.0926. The van der Waals surface area contributed by atoms with Crippen LogP contribution >= 0.6 is 15.9 Å². The van der Waals surface area contributed by atoms with Crippen LogP contribution in [0.15, 0.2) is 68.9 Å². The molecule has 0 radical (unpaired) electrons. The molecule has 0 amide bonds. The Morgan fingerprint density at radius 3 is 2.57 bits per heavy atom. The summed E-state index contributed by atoms with van der Waals surface area (Å²) >= 11 is 3.43. The SMILES string of the molecule is CC(=Nc1cccc(Br)c1)c1c(C)[nH]n(-c2ccccc2)c1=O. The van der Waals surface area contributed by atoms with Crippen LogP contribution in [0.2, 0.25) is 0 Å². The van der Waals surface area contributed by atoms with Gasteiger partial charge in [-0.3, -0.25) is 14.9 Å². The Bertz CT molecular complexity index is 923. The van der Waals surface area contributed by atoms with Gasteiger partial charge in [0.15, 0.2) is 0 Å². The number of rotatable bonds is 3. The highest BCUT2D eigenvalue weighted by atomic mass is 79.9. The van der Waals surface area contributed by atoms with Gasteiger partial charge in [-0.05, 0) is 44.2 Å². The normalized spacial score (nSPS) is 11.7. The lowest BCUT2D eigenvalue weighted by atomic mass is 10.1. The van der Waals surface area contributed by atoms with E-state index in [1.165, 1.54) is 0 Å². The third kappa shape index (κ3) is 3.19. The predicted octanol–water partition coefficient (Wildman–Crippen LogP) is 4.38. The predicted molar refractivity (Wildman–Crippen MR) is 97.1 cm³/mol. The maximum atomic E-state index is 12.7. The van der Waals surface area contributed by atoms with E-state index >= 15 is 0 Å². The van der Waals surface area contributed by atoms with E-state index < -0.39 is 0 Å². The van der Waals surface area contributed by atoms with Gasteiger partial charge in [-0.1, -0.05) is 40.2 Å². The first-order valence-electron chi connectivity index (χ1n) is 7.24. The molecular weight excluding hydrogens is 354 g/mol. The fourth-order valence-electron chi connectivity index (χ4n) is 2.53. The molecule has 0 atom stereocenters. The monoisotopic (exact) mass is 369 g/mol. The summed E-state index contributed by atoms with van der Waals surface area (Å²) in [6.07, 6.45) is 0. The van der Waals surface area contributed by atoms with Crippen molar-refractivity contribution in [3.63, 3.8) is 0 Å². The van der Waals surface area contributed by atoms with E-state index in [0.717, 1.165) is 21.5 Å². The first-order chi connectivity index (χ1) is 11.1. The highest BCUT2D eigenvalue weighted by Crippen LogP contribution is 2.19. The molecule has 0 aliphatic heterocycles. The smallest absolute Gasteiger partial charge is 0.280 e. The zero-order valence-corrected chi connectivity index (χ0v) is 14.5. The van der Waals surface area contributed by atoms with Crippen molar-refractivity contribution in [2.45, 2.75) is 13.8 Å². The molecule has 0 aliphatic rings. The number of aromatic amines is 1. The van der Waals surface area contributed by atoms with Crippen molar-refractivity contribution in [2.75, 3.05) is 0 Å². The van der Waals surface area contributed by atoms with Crippen molar-refractivity contribution in [3.8, 4) is 5.69 Å². The van der Waals surface area contributed by atoms with Gasteiger partial charge in [-0.15, -0.1) is 0 Å². The fraction of sp³-hybridized carbons (Fsp3) is 0.111. The molecule has 5 heteroatoms. The van der Waals surface area contributed by atoms with Gasteiger partial charge in [-0.25, -0.2) is 4.68 Å². The summed E-state index contributed by atoms with van der Waals surface area (Å²) in [5.74, 6) is 0. The molecule has 0 unspecified atom stereocenters. The molecule has 1 heterocycles. The molecule has 1 aromatic heterocycles. The molecular formula is C18H16BrN3O. The van der Waals surface area contributed by atoms with E-state index in [9.17, 15) is 4.79 Å². The first-order valence-corrected chi connectivity index (χ1v) is 8.04. The number of aryl methyl sites for hydroxylation is 1. The van der Waals surface area contributed by atoms with Gasteiger partial charge in [0.1, 0.15) is 0 Å². The molecule has 0 saturated carbocycles. The Morgan fingerprint density at radius 2 is 1.87 bits per heavy atom. The van der Waals surface area contributed by atoms with Crippen molar-refractivity contribution in [1.82, 2.24) is 9.78 Å². The number of aromatic nitrogens is 2. The van der Waals surface area contributed by atoms with Crippen molar-refractivity contribution in [3.05, 3.63) is 80.7 Å².